The van der Waals surface area contributed by atoms with Crippen LogP contribution in [-0.4, -0.2) is 37.5 Å². The number of ether oxygens (including phenoxy) is 1. The zero-order valence-corrected chi connectivity index (χ0v) is 10.7. The Labute approximate surface area is 101 Å². The molecule has 1 amide bonds. The molecule has 1 fully saturated rings. The van der Waals surface area contributed by atoms with Gasteiger partial charge in [0.15, 0.2) is 0 Å². The molecular weight excluding hydrogens is 246 g/mol. The first-order chi connectivity index (χ1) is 7.64. The minimum atomic E-state index is -3.88. The molecular formula is C9H15N3O4S. The quantitative estimate of drug-likeness (QED) is 0.766. The average molecular weight is 261 g/mol. The van der Waals surface area contributed by atoms with E-state index in [0.717, 1.165) is 4.31 Å². The molecule has 0 bridgehead atoms. The van der Waals surface area contributed by atoms with Gasteiger partial charge in [0.05, 0.1) is 12.0 Å². The number of amides is 1. The Morgan fingerprint density at radius 2 is 2.00 bits per heavy atom. The summed E-state index contributed by atoms with van der Waals surface area (Å²) >= 11 is 0. The second-order valence-electron chi connectivity index (χ2n) is 4.75. The van der Waals surface area contributed by atoms with Crippen molar-refractivity contribution < 1.29 is 17.9 Å². The van der Waals surface area contributed by atoms with Crippen LogP contribution in [-0.2, 0) is 14.9 Å². The number of nitrogens with one attached hydrogen (secondary N) is 1. The van der Waals surface area contributed by atoms with E-state index in [1.165, 1.54) is 0 Å². The van der Waals surface area contributed by atoms with Crippen LogP contribution in [0.5, 0.6) is 0 Å². The molecule has 96 valence electrons. The van der Waals surface area contributed by atoms with E-state index in [4.69, 9.17) is 10.00 Å². The maximum Gasteiger partial charge on any atom is 0.422 e. The van der Waals surface area contributed by atoms with Crippen LogP contribution in [0.2, 0.25) is 0 Å². The van der Waals surface area contributed by atoms with E-state index in [0.29, 0.717) is 0 Å². The zero-order valence-electron chi connectivity index (χ0n) is 9.93. The van der Waals surface area contributed by atoms with Gasteiger partial charge in [-0.05, 0) is 20.8 Å². The Morgan fingerprint density at radius 3 is 2.41 bits per heavy atom. The fourth-order valence-electron chi connectivity index (χ4n) is 1.18. The molecule has 0 aromatic rings. The minimum absolute atomic E-state index is 0.106. The van der Waals surface area contributed by atoms with Crippen molar-refractivity contribution in [2.45, 2.75) is 26.4 Å². The Kier molecular flexibility index (Phi) is 3.64. The first kappa shape index (κ1) is 13.7. The summed E-state index contributed by atoms with van der Waals surface area (Å²) in [7, 11) is -3.88. The second-order valence-corrected chi connectivity index (χ2v) is 6.42. The van der Waals surface area contributed by atoms with Gasteiger partial charge >= 0.3 is 16.3 Å². The molecule has 1 aliphatic rings. The summed E-state index contributed by atoms with van der Waals surface area (Å²) in [6.45, 7) is 5.11. The maximum atomic E-state index is 11.6. The number of nitrogens with zero attached hydrogens (tertiary/aromatic N) is 2. The Balaban J connectivity index is 2.52. The highest BCUT2D eigenvalue weighted by Gasteiger charge is 2.37. The molecule has 0 spiro atoms. The van der Waals surface area contributed by atoms with Crippen molar-refractivity contribution in [3.63, 3.8) is 0 Å². The van der Waals surface area contributed by atoms with E-state index in [2.05, 4.69) is 0 Å². The van der Waals surface area contributed by atoms with Gasteiger partial charge < -0.3 is 4.74 Å². The van der Waals surface area contributed by atoms with Gasteiger partial charge in [-0.1, -0.05) is 0 Å². The van der Waals surface area contributed by atoms with Crippen LogP contribution >= 0.6 is 0 Å². The summed E-state index contributed by atoms with van der Waals surface area (Å²) in [4.78, 5) is 11.3. The molecule has 1 rings (SSSR count). The highest BCUT2D eigenvalue weighted by Crippen LogP contribution is 2.17. The predicted molar refractivity (Wildman–Crippen MR) is 59.0 cm³/mol. The van der Waals surface area contributed by atoms with Gasteiger partial charge in [-0.3, -0.25) is 0 Å². The summed E-state index contributed by atoms with van der Waals surface area (Å²) < 4.78 is 30.8. The van der Waals surface area contributed by atoms with Crippen molar-refractivity contribution in [3.05, 3.63) is 0 Å². The lowest BCUT2D eigenvalue weighted by Crippen LogP contribution is -2.55. The van der Waals surface area contributed by atoms with Crippen LogP contribution in [0.25, 0.3) is 0 Å². The average Bonchev–Trinajstić information content (AvgIpc) is 1.94. The van der Waals surface area contributed by atoms with Gasteiger partial charge in [0.2, 0.25) is 0 Å². The highest BCUT2D eigenvalue weighted by molar-refractivity contribution is 7.87. The van der Waals surface area contributed by atoms with E-state index in [9.17, 15) is 13.2 Å². The highest BCUT2D eigenvalue weighted by atomic mass is 32.2. The molecule has 1 N–H and O–H groups in total. The lowest BCUT2D eigenvalue weighted by Gasteiger charge is -2.33. The molecule has 8 heteroatoms. The van der Waals surface area contributed by atoms with Gasteiger partial charge in [0.1, 0.15) is 5.60 Å². The number of hydrogen-bond acceptors (Lipinski definition) is 5. The Bertz CT molecular complexity index is 440. The number of rotatable bonds is 2. The SMILES string of the molecule is CC(C)(C)OC(=O)NS(=O)(=O)N1CC(C#N)C1. The Hall–Kier alpha value is -1.33. The van der Waals surface area contributed by atoms with Crippen LogP contribution < -0.4 is 4.72 Å². The van der Waals surface area contributed by atoms with Gasteiger partial charge in [0.25, 0.3) is 0 Å². The third-order valence-corrected chi connectivity index (χ3v) is 3.38. The van der Waals surface area contributed by atoms with E-state index in [1.807, 2.05) is 6.07 Å². The zero-order chi connectivity index (χ0) is 13.3. The van der Waals surface area contributed by atoms with E-state index >= 15 is 0 Å². The normalized spacial score (nSPS) is 18.0. The summed E-state index contributed by atoms with van der Waals surface area (Å²) in [5.74, 6) is -0.301. The lowest BCUT2D eigenvalue weighted by atomic mass is 10.1. The largest absolute Gasteiger partial charge is 0.443 e. The fourth-order valence-corrected chi connectivity index (χ4v) is 2.32. The molecule has 0 aliphatic carbocycles. The predicted octanol–water partition coefficient (Wildman–Crippen LogP) is 0.211. The smallest absolute Gasteiger partial charge is 0.422 e. The first-order valence-corrected chi connectivity index (χ1v) is 6.48. The van der Waals surface area contributed by atoms with Crippen molar-refractivity contribution in [1.82, 2.24) is 9.03 Å². The van der Waals surface area contributed by atoms with Crippen LogP contribution in [0.15, 0.2) is 0 Å². The minimum Gasteiger partial charge on any atom is -0.443 e. The van der Waals surface area contributed by atoms with Crippen molar-refractivity contribution in [2.24, 2.45) is 5.92 Å². The topological polar surface area (TPSA) is 99.5 Å². The number of carbonyl (C=O) groups excluding carboxylic acids is 1. The molecule has 0 radical (unpaired) electrons. The van der Waals surface area contributed by atoms with E-state index in [1.54, 1.807) is 25.5 Å². The molecule has 0 atom stereocenters. The molecule has 0 aromatic heterocycles. The summed E-state index contributed by atoms with van der Waals surface area (Å²) in [6.07, 6.45) is -1.02. The van der Waals surface area contributed by atoms with E-state index < -0.39 is 21.9 Å². The van der Waals surface area contributed by atoms with Crippen molar-refractivity contribution in [2.75, 3.05) is 13.1 Å². The van der Waals surface area contributed by atoms with Crippen molar-refractivity contribution in [1.29, 1.82) is 5.26 Å². The van der Waals surface area contributed by atoms with Gasteiger partial charge in [-0.2, -0.15) is 18.0 Å². The number of hydrogen-bond donors (Lipinski definition) is 1. The van der Waals surface area contributed by atoms with Gasteiger partial charge in [-0.15, -0.1) is 0 Å². The summed E-state index contributed by atoms with van der Waals surface area (Å²) in [6, 6.07) is 1.94. The summed E-state index contributed by atoms with van der Waals surface area (Å²) in [5.41, 5.74) is -0.760. The van der Waals surface area contributed by atoms with E-state index in [-0.39, 0.29) is 19.0 Å². The third-order valence-electron chi connectivity index (χ3n) is 1.98. The van der Waals surface area contributed by atoms with Gasteiger partial charge in [-0.25, -0.2) is 9.52 Å². The number of nitriles is 1. The second kappa shape index (κ2) is 4.50. The maximum absolute atomic E-state index is 11.6. The van der Waals surface area contributed by atoms with Gasteiger partial charge in [0, 0.05) is 13.1 Å². The van der Waals surface area contributed by atoms with Crippen LogP contribution in [0.1, 0.15) is 20.8 Å². The van der Waals surface area contributed by atoms with Crippen molar-refractivity contribution in [3.8, 4) is 6.07 Å². The molecule has 17 heavy (non-hydrogen) atoms. The van der Waals surface area contributed by atoms with Crippen LogP contribution in [0.3, 0.4) is 0 Å². The first-order valence-electron chi connectivity index (χ1n) is 5.04. The number of carbonyl (C=O) groups is 1. The van der Waals surface area contributed by atoms with Crippen LogP contribution in [0, 0.1) is 17.2 Å². The molecule has 1 heterocycles. The molecule has 0 unspecified atom stereocenters. The monoisotopic (exact) mass is 261 g/mol. The standard InChI is InChI=1S/C9H15N3O4S/c1-9(2,3)16-8(13)11-17(14,15)12-5-7(4-10)6-12/h7H,5-6H2,1-3H3,(H,11,13). The summed E-state index contributed by atoms with van der Waals surface area (Å²) in [5, 5.41) is 8.52. The third kappa shape index (κ3) is 3.87. The van der Waals surface area contributed by atoms with Crippen molar-refractivity contribution >= 4 is 16.3 Å². The Morgan fingerprint density at radius 1 is 1.47 bits per heavy atom. The molecule has 0 saturated carbocycles. The lowest BCUT2D eigenvalue weighted by molar-refractivity contribution is 0.0564. The fraction of sp³-hybridized carbons (Fsp3) is 0.778. The molecule has 7 nitrogen and oxygen atoms in total. The molecule has 1 aliphatic heterocycles. The molecule has 1 saturated heterocycles. The van der Waals surface area contributed by atoms with Crippen LogP contribution in [0.4, 0.5) is 4.79 Å². The molecule has 0 aromatic carbocycles.